The van der Waals surface area contributed by atoms with Gasteiger partial charge in [-0.2, -0.15) is 5.10 Å². The Bertz CT molecular complexity index is 355. The van der Waals surface area contributed by atoms with Gasteiger partial charge in [0.15, 0.2) is 0 Å². The number of rotatable bonds is 8. The summed E-state index contributed by atoms with van der Waals surface area (Å²) in [6.07, 6.45) is 2.01. The fraction of sp³-hybridized carbons (Fsp3) is 0.769. The van der Waals surface area contributed by atoms with E-state index in [-0.39, 0.29) is 0 Å². The lowest BCUT2D eigenvalue weighted by molar-refractivity contribution is 0.316. The van der Waals surface area contributed by atoms with Gasteiger partial charge in [-0.1, -0.05) is 27.2 Å². The summed E-state index contributed by atoms with van der Waals surface area (Å²) in [5.41, 5.74) is 7.92. The minimum atomic E-state index is 0.805. The molecule has 0 aromatic carbocycles. The van der Waals surface area contributed by atoms with E-state index in [9.17, 15) is 0 Å². The minimum absolute atomic E-state index is 0.805. The third-order valence-electron chi connectivity index (χ3n) is 3.26. The van der Waals surface area contributed by atoms with Crippen molar-refractivity contribution in [2.45, 2.75) is 33.6 Å². The number of nitrogens with two attached hydrogens (primary N) is 1. The van der Waals surface area contributed by atoms with Gasteiger partial charge in [-0.3, -0.25) is 4.68 Å². The molecule has 0 aliphatic heterocycles. The van der Waals surface area contributed by atoms with Crippen molar-refractivity contribution in [1.29, 1.82) is 0 Å². The number of hydrogen-bond donors (Lipinski definition) is 2. The van der Waals surface area contributed by atoms with Crippen LogP contribution in [0.1, 0.15) is 32.9 Å². The number of hydrogen-bond acceptors (Lipinski definition) is 4. The third kappa shape index (κ3) is 3.63. The Hall–Kier alpha value is -1.23. The first-order valence-corrected chi connectivity index (χ1v) is 6.91. The summed E-state index contributed by atoms with van der Waals surface area (Å²) in [6, 6.07) is 0. The first-order chi connectivity index (χ1) is 8.63. The van der Waals surface area contributed by atoms with Crippen LogP contribution in [0.15, 0.2) is 0 Å². The van der Waals surface area contributed by atoms with E-state index >= 15 is 0 Å². The zero-order valence-corrected chi connectivity index (χ0v) is 12.2. The van der Waals surface area contributed by atoms with Crippen LogP contribution in [0.2, 0.25) is 0 Å². The minimum Gasteiger partial charge on any atom is -0.394 e. The van der Waals surface area contributed by atoms with Crippen molar-refractivity contribution in [2.75, 3.05) is 37.2 Å². The molecule has 1 aromatic rings. The van der Waals surface area contributed by atoms with Gasteiger partial charge in [0.25, 0.3) is 0 Å². The molecular weight excluding hydrogens is 226 g/mol. The number of nitrogen functional groups attached to an aromatic ring is 1. The summed E-state index contributed by atoms with van der Waals surface area (Å²) in [6.45, 7) is 10.6. The summed E-state index contributed by atoms with van der Waals surface area (Å²) >= 11 is 0. The SMILES string of the molecule is CCCc1nn(C)c(NCCN(CC)CC)c1N. The van der Waals surface area contributed by atoms with Gasteiger partial charge in [0.05, 0.1) is 11.4 Å². The van der Waals surface area contributed by atoms with Crippen molar-refractivity contribution in [3.8, 4) is 0 Å². The molecule has 0 saturated heterocycles. The second kappa shape index (κ2) is 7.26. The Morgan fingerprint density at radius 2 is 1.94 bits per heavy atom. The van der Waals surface area contributed by atoms with Crippen LogP contribution in [0.4, 0.5) is 11.5 Å². The molecule has 1 aromatic heterocycles. The van der Waals surface area contributed by atoms with Gasteiger partial charge in [-0.15, -0.1) is 0 Å². The molecule has 0 radical (unpaired) electrons. The van der Waals surface area contributed by atoms with Crippen LogP contribution in [0, 0.1) is 0 Å². The molecule has 0 spiro atoms. The lowest BCUT2D eigenvalue weighted by Crippen LogP contribution is -2.29. The lowest BCUT2D eigenvalue weighted by Gasteiger charge is -2.18. The molecule has 3 N–H and O–H groups in total. The normalized spacial score (nSPS) is 11.2. The molecule has 1 rings (SSSR count). The summed E-state index contributed by atoms with van der Waals surface area (Å²) in [5, 5.41) is 7.85. The number of aryl methyl sites for hydroxylation is 2. The number of nitrogens with zero attached hydrogens (tertiary/aromatic N) is 3. The van der Waals surface area contributed by atoms with E-state index in [4.69, 9.17) is 5.73 Å². The van der Waals surface area contributed by atoms with Gasteiger partial charge >= 0.3 is 0 Å². The Morgan fingerprint density at radius 3 is 2.50 bits per heavy atom. The first-order valence-electron chi connectivity index (χ1n) is 6.91. The standard InChI is InChI=1S/C13H27N5/c1-5-8-11-12(14)13(17(4)16-11)15-9-10-18(6-2)7-3/h15H,5-10,14H2,1-4H3. The average Bonchev–Trinajstić information content (AvgIpc) is 2.62. The van der Waals surface area contributed by atoms with Gasteiger partial charge in [0, 0.05) is 20.1 Å². The van der Waals surface area contributed by atoms with Crippen LogP contribution in [0.25, 0.3) is 0 Å². The van der Waals surface area contributed by atoms with Crippen molar-refractivity contribution < 1.29 is 0 Å². The molecule has 0 atom stereocenters. The van der Waals surface area contributed by atoms with Gasteiger partial charge in [0.1, 0.15) is 5.82 Å². The molecule has 0 amide bonds. The molecule has 0 bridgehead atoms. The lowest BCUT2D eigenvalue weighted by atomic mass is 10.2. The molecule has 18 heavy (non-hydrogen) atoms. The van der Waals surface area contributed by atoms with Crippen LogP contribution in [-0.2, 0) is 13.5 Å². The van der Waals surface area contributed by atoms with E-state index in [2.05, 4.69) is 36.1 Å². The summed E-state index contributed by atoms with van der Waals surface area (Å²) in [5.74, 6) is 0.950. The quantitative estimate of drug-likeness (QED) is 0.740. The number of nitrogens with one attached hydrogen (secondary N) is 1. The third-order valence-corrected chi connectivity index (χ3v) is 3.26. The smallest absolute Gasteiger partial charge is 0.147 e. The molecule has 0 saturated carbocycles. The van der Waals surface area contributed by atoms with Gasteiger partial charge in [0.2, 0.25) is 0 Å². The Balaban J connectivity index is 2.56. The van der Waals surface area contributed by atoms with E-state index in [0.29, 0.717) is 0 Å². The molecule has 0 aliphatic rings. The highest BCUT2D eigenvalue weighted by atomic mass is 15.3. The van der Waals surface area contributed by atoms with Crippen LogP contribution in [-0.4, -0.2) is 40.9 Å². The van der Waals surface area contributed by atoms with Crippen LogP contribution < -0.4 is 11.1 Å². The van der Waals surface area contributed by atoms with Crippen LogP contribution >= 0.6 is 0 Å². The Labute approximate surface area is 110 Å². The maximum absolute atomic E-state index is 6.11. The second-order valence-electron chi connectivity index (χ2n) is 4.54. The largest absolute Gasteiger partial charge is 0.394 e. The van der Waals surface area contributed by atoms with Gasteiger partial charge in [-0.05, 0) is 19.5 Å². The van der Waals surface area contributed by atoms with Crippen molar-refractivity contribution in [3.05, 3.63) is 5.69 Å². The molecule has 0 fully saturated rings. The molecule has 0 aliphatic carbocycles. The van der Waals surface area contributed by atoms with Gasteiger partial charge < -0.3 is 16.0 Å². The highest BCUT2D eigenvalue weighted by Gasteiger charge is 2.12. The predicted octanol–water partition coefficient (Wildman–Crippen LogP) is 1.71. The molecule has 0 unspecified atom stereocenters. The molecule has 104 valence electrons. The highest BCUT2D eigenvalue weighted by molar-refractivity contribution is 5.65. The van der Waals surface area contributed by atoms with Crippen molar-refractivity contribution in [3.63, 3.8) is 0 Å². The van der Waals surface area contributed by atoms with Gasteiger partial charge in [-0.25, -0.2) is 0 Å². The molecular formula is C13H27N5. The van der Waals surface area contributed by atoms with E-state index in [1.165, 1.54) is 0 Å². The zero-order valence-electron chi connectivity index (χ0n) is 12.2. The second-order valence-corrected chi connectivity index (χ2v) is 4.54. The van der Waals surface area contributed by atoms with E-state index in [1.807, 2.05) is 11.7 Å². The number of likely N-dealkylation sites (N-methyl/N-ethyl adjacent to an activating group) is 1. The van der Waals surface area contributed by atoms with Crippen molar-refractivity contribution >= 4 is 11.5 Å². The molecule has 1 heterocycles. The maximum atomic E-state index is 6.11. The fourth-order valence-electron chi connectivity index (χ4n) is 2.10. The fourth-order valence-corrected chi connectivity index (χ4v) is 2.10. The first kappa shape index (κ1) is 14.8. The van der Waals surface area contributed by atoms with Crippen molar-refractivity contribution in [1.82, 2.24) is 14.7 Å². The average molecular weight is 253 g/mol. The predicted molar refractivity (Wildman–Crippen MR) is 77.9 cm³/mol. The zero-order chi connectivity index (χ0) is 13.5. The number of aromatic nitrogens is 2. The van der Waals surface area contributed by atoms with Crippen LogP contribution in [0.3, 0.4) is 0 Å². The van der Waals surface area contributed by atoms with Crippen LogP contribution in [0.5, 0.6) is 0 Å². The van der Waals surface area contributed by atoms with E-state index < -0.39 is 0 Å². The molecule has 5 heteroatoms. The molecule has 5 nitrogen and oxygen atoms in total. The summed E-state index contributed by atoms with van der Waals surface area (Å²) in [4.78, 5) is 2.38. The van der Waals surface area contributed by atoms with Crippen molar-refractivity contribution in [2.24, 2.45) is 7.05 Å². The summed E-state index contributed by atoms with van der Waals surface area (Å²) < 4.78 is 1.85. The summed E-state index contributed by atoms with van der Waals surface area (Å²) in [7, 11) is 1.94. The highest BCUT2D eigenvalue weighted by Crippen LogP contribution is 2.22. The topological polar surface area (TPSA) is 59.1 Å². The Kier molecular flexibility index (Phi) is 5.98. The van der Waals surface area contributed by atoms with E-state index in [1.54, 1.807) is 0 Å². The number of anilines is 2. The van der Waals surface area contributed by atoms with E-state index in [0.717, 1.165) is 56.2 Å². The monoisotopic (exact) mass is 253 g/mol. The Morgan fingerprint density at radius 1 is 1.28 bits per heavy atom. The maximum Gasteiger partial charge on any atom is 0.147 e.